The summed E-state index contributed by atoms with van der Waals surface area (Å²) in [6.07, 6.45) is 3.74. The number of hydrogen-bond donors (Lipinski definition) is 0. The molecule has 1 unspecified atom stereocenters. The van der Waals surface area contributed by atoms with Crippen LogP contribution in [0.3, 0.4) is 0 Å². The van der Waals surface area contributed by atoms with Gasteiger partial charge in [0.1, 0.15) is 0 Å². The monoisotopic (exact) mass is 419 g/mol. The van der Waals surface area contributed by atoms with Gasteiger partial charge < -0.3 is 4.90 Å². The van der Waals surface area contributed by atoms with E-state index in [2.05, 4.69) is 4.98 Å². The molecule has 1 atom stereocenters. The van der Waals surface area contributed by atoms with E-state index >= 15 is 0 Å². The molecular formula is C23H21N3O3S. The number of rotatable bonds is 3. The molecule has 5 rings (SSSR count). The third-order valence-corrected chi connectivity index (χ3v) is 8.02. The summed E-state index contributed by atoms with van der Waals surface area (Å²) in [5, 5.41) is 0. The molecule has 6 nitrogen and oxygen atoms in total. The number of fused-ring (bicyclic) bond motifs is 2. The normalized spacial score (nSPS) is 22.3. The molecule has 0 N–H and O–H groups in total. The first-order chi connectivity index (χ1) is 14.5. The van der Waals surface area contributed by atoms with Crippen LogP contribution in [0, 0.1) is 0 Å². The second-order valence-corrected chi connectivity index (χ2v) is 9.57. The van der Waals surface area contributed by atoms with Crippen LogP contribution in [0.5, 0.6) is 0 Å². The first-order valence-corrected chi connectivity index (χ1v) is 11.3. The van der Waals surface area contributed by atoms with Crippen molar-refractivity contribution in [2.24, 2.45) is 0 Å². The van der Waals surface area contributed by atoms with E-state index < -0.39 is 15.6 Å². The quantitative estimate of drug-likeness (QED) is 0.654. The molecule has 1 saturated heterocycles. The molecule has 1 aromatic heterocycles. The third kappa shape index (κ3) is 2.85. The molecule has 30 heavy (non-hydrogen) atoms. The van der Waals surface area contributed by atoms with Crippen molar-refractivity contribution in [2.45, 2.75) is 23.4 Å². The van der Waals surface area contributed by atoms with Gasteiger partial charge in [-0.25, -0.2) is 8.42 Å². The summed E-state index contributed by atoms with van der Waals surface area (Å²) in [7, 11) is -3.67. The molecule has 3 heterocycles. The number of pyridine rings is 1. The Bertz CT molecular complexity index is 1200. The lowest BCUT2D eigenvalue weighted by molar-refractivity contribution is 0.0762. The molecule has 2 aromatic carbocycles. The van der Waals surface area contributed by atoms with Crippen LogP contribution in [-0.4, -0.2) is 41.6 Å². The van der Waals surface area contributed by atoms with Gasteiger partial charge in [0.25, 0.3) is 5.91 Å². The number of aromatic nitrogens is 1. The summed E-state index contributed by atoms with van der Waals surface area (Å²) in [5.41, 5.74) is 1.45. The van der Waals surface area contributed by atoms with Gasteiger partial charge in [-0.05, 0) is 35.7 Å². The lowest BCUT2D eigenvalue weighted by Gasteiger charge is -2.34. The molecule has 1 amide bonds. The SMILES string of the molecule is O=C(c1cccnc1)N1CCC2(C1)c1ccccc1S(=O)(=O)N2Cc1ccccc1. The van der Waals surface area contributed by atoms with Gasteiger partial charge in [0, 0.05) is 32.0 Å². The molecule has 2 aliphatic rings. The Labute approximate surface area is 175 Å². The van der Waals surface area contributed by atoms with Crippen LogP contribution >= 0.6 is 0 Å². The maximum Gasteiger partial charge on any atom is 0.255 e. The fourth-order valence-corrected chi connectivity index (χ4v) is 6.66. The number of benzene rings is 2. The lowest BCUT2D eigenvalue weighted by atomic mass is 9.88. The van der Waals surface area contributed by atoms with Crippen molar-refractivity contribution in [1.29, 1.82) is 0 Å². The predicted octanol–water partition coefficient (Wildman–Crippen LogP) is 3.03. The van der Waals surface area contributed by atoms with Crippen molar-refractivity contribution < 1.29 is 13.2 Å². The summed E-state index contributed by atoms with van der Waals surface area (Å²) in [6.45, 7) is 1.08. The standard InChI is InChI=1S/C23H21N3O3S/c27-22(19-9-6-13-24-15-19)25-14-12-23(17-25)20-10-4-5-11-21(20)30(28,29)26(23)16-18-7-2-1-3-8-18/h1-11,13,15H,12,14,16-17H2. The first-order valence-electron chi connectivity index (χ1n) is 9.88. The number of amides is 1. The smallest absolute Gasteiger partial charge is 0.255 e. The van der Waals surface area contributed by atoms with E-state index in [1.807, 2.05) is 42.5 Å². The molecular weight excluding hydrogens is 398 g/mol. The number of carbonyl (C=O) groups excluding carboxylic acids is 1. The van der Waals surface area contributed by atoms with Gasteiger partial charge in [0.2, 0.25) is 10.0 Å². The predicted molar refractivity (Wildman–Crippen MR) is 112 cm³/mol. The van der Waals surface area contributed by atoms with E-state index in [9.17, 15) is 13.2 Å². The largest absolute Gasteiger partial charge is 0.336 e. The molecule has 0 saturated carbocycles. The van der Waals surface area contributed by atoms with Crippen molar-refractivity contribution >= 4 is 15.9 Å². The van der Waals surface area contributed by atoms with Gasteiger partial charge in [-0.15, -0.1) is 0 Å². The maximum atomic E-state index is 13.5. The summed E-state index contributed by atoms with van der Waals surface area (Å²) in [6, 6.07) is 20.2. The van der Waals surface area contributed by atoms with E-state index in [-0.39, 0.29) is 12.5 Å². The molecule has 152 valence electrons. The van der Waals surface area contributed by atoms with E-state index in [4.69, 9.17) is 0 Å². The van der Waals surface area contributed by atoms with Crippen LogP contribution in [0.1, 0.15) is 27.9 Å². The summed E-state index contributed by atoms with van der Waals surface area (Å²) in [5.74, 6) is -0.124. The van der Waals surface area contributed by atoms with Crippen LogP contribution in [0.25, 0.3) is 0 Å². The summed E-state index contributed by atoms with van der Waals surface area (Å²) >= 11 is 0. The average molecular weight is 420 g/mol. The molecule has 1 spiro atoms. The van der Waals surface area contributed by atoms with Crippen molar-refractivity contribution in [2.75, 3.05) is 13.1 Å². The minimum absolute atomic E-state index is 0.124. The zero-order valence-corrected chi connectivity index (χ0v) is 17.1. The zero-order chi connectivity index (χ0) is 20.8. The minimum atomic E-state index is -3.67. The highest BCUT2D eigenvalue weighted by atomic mass is 32.2. The fourth-order valence-electron chi connectivity index (χ4n) is 4.61. The first kappa shape index (κ1) is 19.0. The highest BCUT2D eigenvalue weighted by molar-refractivity contribution is 7.89. The number of likely N-dealkylation sites (tertiary alicyclic amines) is 1. The Hall–Kier alpha value is -3.03. The molecule has 0 radical (unpaired) electrons. The highest BCUT2D eigenvalue weighted by Gasteiger charge is 2.57. The summed E-state index contributed by atoms with van der Waals surface area (Å²) < 4.78 is 28.6. The van der Waals surface area contributed by atoms with Gasteiger partial charge in [0.15, 0.2) is 0 Å². The van der Waals surface area contributed by atoms with Crippen molar-refractivity contribution in [1.82, 2.24) is 14.2 Å². The highest BCUT2D eigenvalue weighted by Crippen LogP contribution is 2.50. The minimum Gasteiger partial charge on any atom is -0.336 e. The Morgan fingerprint density at radius 3 is 2.53 bits per heavy atom. The average Bonchev–Trinajstić information content (AvgIpc) is 3.30. The molecule has 7 heteroatoms. The Morgan fingerprint density at radius 1 is 1.00 bits per heavy atom. The number of hydrogen-bond acceptors (Lipinski definition) is 4. The van der Waals surface area contributed by atoms with Gasteiger partial charge in [-0.1, -0.05) is 48.5 Å². The lowest BCUT2D eigenvalue weighted by Crippen LogP contribution is -2.46. The van der Waals surface area contributed by atoms with Gasteiger partial charge in [-0.2, -0.15) is 4.31 Å². The molecule has 1 fully saturated rings. The van der Waals surface area contributed by atoms with Gasteiger partial charge in [-0.3, -0.25) is 9.78 Å². The maximum absolute atomic E-state index is 13.5. The molecule has 0 bridgehead atoms. The van der Waals surface area contributed by atoms with E-state index in [1.165, 1.54) is 0 Å². The van der Waals surface area contributed by atoms with Crippen molar-refractivity contribution in [3.05, 3.63) is 95.8 Å². The summed E-state index contributed by atoms with van der Waals surface area (Å²) in [4.78, 5) is 19.2. The van der Waals surface area contributed by atoms with Crippen LogP contribution in [0.15, 0.2) is 84.0 Å². The van der Waals surface area contributed by atoms with E-state index in [0.717, 1.165) is 11.1 Å². The van der Waals surface area contributed by atoms with E-state index in [1.54, 1.807) is 45.9 Å². The number of nitrogens with zero attached hydrogens (tertiary/aromatic N) is 3. The van der Waals surface area contributed by atoms with E-state index in [0.29, 0.717) is 30.0 Å². The second-order valence-electron chi connectivity index (χ2n) is 7.74. The van der Waals surface area contributed by atoms with Crippen LogP contribution in [-0.2, 0) is 22.1 Å². The molecule has 3 aromatic rings. The number of carbonyl (C=O) groups is 1. The van der Waals surface area contributed by atoms with Crippen molar-refractivity contribution in [3.63, 3.8) is 0 Å². The third-order valence-electron chi connectivity index (χ3n) is 6.05. The Morgan fingerprint density at radius 2 is 1.77 bits per heavy atom. The Balaban J connectivity index is 1.57. The fraction of sp³-hybridized carbons (Fsp3) is 0.217. The molecule has 0 aliphatic carbocycles. The molecule has 2 aliphatic heterocycles. The number of sulfonamides is 1. The second kappa shape index (κ2) is 7.04. The van der Waals surface area contributed by atoms with Crippen LogP contribution in [0.2, 0.25) is 0 Å². The van der Waals surface area contributed by atoms with Crippen LogP contribution in [0.4, 0.5) is 0 Å². The van der Waals surface area contributed by atoms with Gasteiger partial charge >= 0.3 is 0 Å². The van der Waals surface area contributed by atoms with Gasteiger partial charge in [0.05, 0.1) is 16.0 Å². The zero-order valence-electron chi connectivity index (χ0n) is 16.3. The van der Waals surface area contributed by atoms with Crippen molar-refractivity contribution in [3.8, 4) is 0 Å². The Kier molecular flexibility index (Phi) is 4.45. The van der Waals surface area contributed by atoms with Crippen LogP contribution < -0.4 is 0 Å². The topological polar surface area (TPSA) is 70.6 Å².